The molecule has 0 radical (unpaired) electrons. The Kier molecular flexibility index (Phi) is 5.19. The zero-order chi connectivity index (χ0) is 23.3. The number of ether oxygens (including phenoxy) is 3. The zero-order valence-electron chi connectivity index (χ0n) is 18.7. The molecule has 3 unspecified atom stereocenters. The Balaban J connectivity index is 1.75. The van der Waals surface area contributed by atoms with Crippen LogP contribution in [0.5, 0.6) is 11.5 Å². The van der Waals surface area contributed by atoms with E-state index in [2.05, 4.69) is 0 Å². The third-order valence-corrected chi connectivity index (χ3v) is 5.89. The predicted molar refractivity (Wildman–Crippen MR) is 114 cm³/mol. The summed E-state index contributed by atoms with van der Waals surface area (Å²) in [6.07, 6.45) is 1.06. The summed E-state index contributed by atoms with van der Waals surface area (Å²) in [5.74, 6) is 0.510. The molecular formula is C21H25N5O6. The lowest BCUT2D eigenvalue weighted by molar-refractivity contribution is -0.153. The smallest absolute Gasteiger partial charge is 0.329 e. The molecule has 11 heteroatoms. The highest BCUT2D eigenvalue weighted by molar-refractivity contribution is 6.11. The van der Waals surface area contributed by atoms with Gasteiger partial charge < -0.3 is 24.0 Å². The first-order chi connectivity index (χ1) is 15.2. The highest BCUT2D eigenvalue weighted by Crippen LogP contribution is 2.41. The van der Waals surface area contributed by atoms with E-state index in [1.54, 1.807) is 44.5 Å². The summed E-state index contributed by atoms with van der Waals surface area (Å²) in [6.45, 7) is 3.34. The molecule has 11 nitrogen and oxygen atoms in total. The minimum absolute atomic E-state index is 0.477. The van der Waals surface area contributed by atoms with Crippen molar-refractivity contribution >= 4 is 29.6 Å². The lowest BCUT2D eigenvalue weighted by Gasteiger charge is -2.41. The number of hydrogen-bond donors (Lipinski definition) is 0. The number of amides is 3. The third kappa shape index (κ3) is 2.95. The summed E-state index contributed by atoms with van der Waals surface area (Å²) in [5, 5.41) is 0. The maximum Gasteiger partial charge on any atom is 0.329 e. The van der Waals surface area contributed by atoms with Crippen molar-refractivity contribution in [2.75, 3.05) is 33.3 Å². The Morgan fingerprint density at radius 3 is 2.50 bits per heavy atom. The molecule has 0 spiro atoms. The highest BCUT2D eigenvalue weighted by Gasteiger charge is 2.56. The van der Waals surface area contributed by atoms with E-state index in [0.29, 0.717) is 23.1 Å². The lowest BCUT2D eigenvalue weighted by Crippen LogP contribution is -2.67. The van der Waals surface area contributed by atoms with Gasteiger partial charge in [-0.15, -0.1) is 0 Å². The van der Waals surface area contributed by atoms with E-state index >= 15 is 0 Å². The van der Waals surface area contributed by atoms with E-state index in [1.165, 1.54) is 18.9 Å². The Hall–Kier alpha value is -3.76. The predicted octanol–water partition coefficient (Wildman–Crippen LogP) is 1.21. The summed E-state index contributed by atoms with van der Waals surface area (Å²) in [5.41, 5.74) is 1.48. The maximum absolute atomic E-state index is 13.4. The number of aliphatic imine (C=N–C) groups is 1. The van der Waals surface area contributed by atoms with Gasteiger partial charge in [-0.05, 0) is 26.0 Å². The Morgan fingerprint density at radius 2 is 1.88 bits per heavy atom. The van der Waals surface area contributed by atoms with E-state index in [0.717, 1.165) is 10.6 Å². The normalized spacial score (nSPS) is 22.9. The number of carbonyl (C=O) groups is 3. The van der Waals surface area contributed by atoms with Crippen LogP contribution in [-0.4, -0.2) is 85.2 Å². The molecule has 3 aliphatic heterocycles. The number of urea groups is 1. The van der Waals surface area contributed by atoms with Crippen LogP contribution in [-0.2, 0) is 14.3 Å². The largest absolute Gasteiger partial charge is 0.497 e. The van der Waals surface area contributed by atoms with Crippen molar-refractivity contribution < 1.29 is 28.6 Å². The quantitative estimate of drug-likeness (QED) is 0.626. The molecule has 0 aromatic heterocycles. The zero-order valence-corrected chi connectivity index (χ0v) is 18.7. The number of hydrogen-bond acceptors (Lipinski definition) is 9. The van der Waals surface area contributed by atoms with Crippen LogP contribution < -0.4 is 14.4 Å². The first kappa shape index (κ1) is 21.5. The Labute approximate surface area is 185 Å². The van der Waals surface area contributed by atoms with Gasteiger partial charge in [-0.2, -0.15) is 0 Å². The Bertz CT molecular complexity index is 1050. The van der Waals surface area contributed by atoms with Gasteiger partial charge in [-0.25, -0.2) is 19.5 Å². The number of anilines is 1. The second-order valence-corrected chi connectivity index (χ2v) is 7.64. The van der Waals surface area contributed by atoms with Crippen LogP contribution in [0.15, 0.2) is 35.1 Å². The van der Waals surface area contributed by atoms with E-state index < -0.39 is 36.2 Å². The van der Waals surface area contributed by atoms with E-state index in [4.69, 9.17) is 19.2 Å². The van der Waals surface area contributed by atoms with Crippen LogP contribution in [0.2, 0.25) is 0 Å². The number of fused-ring (bicyclic) bond motifs is 3. The number of carbonyl (C=O) groups excluding carboxylic acids is 3. The number of rotatable bonds is 5. The Morgan fingerprint density at radius 1 is 1.16 bits per heavy atom. The van der Waals surface area contributed by atoms with Gasteiger partial charge in [0, 0.05) is 25.0 Å². The van der Waals surface area contributed by atoms with Crippen LogP contribution in [0.25, 0.3) is 0 Å². The fourth-order valence-electron chi connectivity index (χ4n) is 4.22. The molecule has 0 saturated carbocycles. The second-order valence-electron chi connectivity index (χ2n) is 7.64. The first-order valence-corrected chi connectivity index (χ1v) is 9.99. The van der Waals surface area contributed by atoms with Crippen LogP contribution in [0, 0.1) is 0 Å². The number of nitrogens with zero attached hydrogens (tertiary/aromatic N) is 5. The van der Waals surface area contributed by atoms with Crippen molar-refractivity contribution in [3.63, 3.8) is 0 Å². The average molecular weight is 443 g/mol. The van der Waals surface area contributed by atoms with Crippen molar-refractivity contribution in [1.82, 2.24) is 14.7 Å². The molecule has 1 fully saturated rings. The van der Waals surface area contributed by atoms with Crippen molar-refractivity contribution in [2.24, 2.45) is 4.99 Å². The molecule has 32 heavy (non-hydrogen) atoms. The number of esters is 1. The monoisotopic (exact) mass is 443 g/mol. The van der Waals surface area contributed by atoms with E-state index in [-0.39, 0.29) is 0 Å². The molecule has 4 rings (SSSR count). The number of imide groups is 1. The average Bonchev–Trinajstić information content (AvgIpc) is 3.30. The minimum Gasteiger partial charge on any atom is -0.497 e. The molecule has 3 heterocycles. The highest BCUT2D eigenvalue weighted by atomic mass is 16.5. The van der Waals surface area contributed by atoms with Crippen LogP contribution in [0.1, 0.15) is 13.8 Å². The van der Waals surface area contributed by atoms with Gasteiger partial charge in [0.25, 0.3) is 5.91 Å². The van der Waals surface area contributed by atoms with E-state index in [1.807, 2.05) is 17.9 Å². The van der Waals surface area contributed by atoms with Crippen molar-refractivity contribution in [2.45, 2.75) is 32.1 Å². The van der Waals surface area contributed by atoms with Gasteiger partial charge in [0.1, 0.15) is 17.5 Å². The van der Waals surface area contributed by atoms with Crippen molar-refractivity contribution in [3.05, 3.63) is 30.1 Å². The fourth-order valence-corrected chi connectivity index (χ4v) is 4.22. The molecule has 1 aromatic carbocycles. The molecular weight excluding hydrogens is 418 g/mol. The molecule has 3 amide bonds. The second kappa shape index (κ2) is 7.74. The number of likely N-dealkylation sites (N-methyl/N-ethyl adjacent to an activating group) is 1. The van der Waals surface area contributed by atoms with Crippen LogP contribution >= 0.6 is 0 Å². The molecule has 1 aromatic rings. The van der Waals surface area contributed by atoms with Gasteiger partial charge >= 0.3 is 12.0 Å². The molecule has 0 N–H and O–H groups in total. The molecule has 0 bridgehead atoms. The number of benzene rings is 1. The third-order valence-electron chi connectivity index (χ3n) is 5.89. The summed E-state index contributed by atoms with van der Waals surface area (Å²) >= 11 is 0. The summed E-state index contributed by atoms with van der Waals surface area (Å²) in [6, 6.07) is 2.91. The van der Waals surface area contributed by atoms with Gasteiger partial charge in [0.05, 0.1) is 27.0 Å². The lowest BCUT2D eigenvalue weighted by atomic mass is 10.1. The van der Waals surface area contributed by atoms with Gasteiger partial charge in [-0.1, -0.05) is 0 Å². The maximum atomic E-state index is 13.4. The topological polar surface area (TPSA) is 104 Å². The molecule has 3 atom stereocenters. The first-order valence-electron chi connectivity index (χ1n) is 9.99. The number of methoxy groups -OCH3 is 3. The van der Waals surface area contributed by atoms with Gasteiger partial charge in [0.2, 0.25) is 5.96 Å². The molecule has 170 valence electrons. The minimum atomic E-state index is -1.06. The summed E-state index contributed by atoms with van der Waals surface area (Å²) < 4.78 is 15.6. The summed E-state index contributed by atoms with van der Waals surface area (Å²) in [7, 11) is 5.91. The van der Waals surface area contributed by atoms with Gasteiger partial charge in [-0.3, -0.25) is 9.69 Å². The van der Waals surface area contributed by atoms with E-state index in [9.17, 15) is 14.4 Å². The molecule has 0 aliphatic carbocycles. The standard InChI is InChI=1S/C21H25N5O6/c1-11-10-24-16-17(23(3)21(29)26(18(16)27)12(2)19(28)32-6)22-20(24)25(11)14-9-13(30-4)7-8-15(14)31-5/h7-10,12,16-17H,1-6H3. The number of guanidine groups is 1. The van der Waals surface area contributed by atoms with Crippen molar-refractivity contribution in [1.29, 1.82) is 0 Å². The molecule has 1 saturated heterocycles. The van der Waals surface area contributed by atoms with Crippen molar-refractivity contribution in [3.8, 4) is 11.5 Å². The fraction of sp³-hybridized carbons (Fsp3) is 0.429. The van der Waals surface area contributed by atoms with Crippen LogP contribution in [0.3, 0.4) is 0 Å². The van der Waals surface area contributed by atoms with Gasteiger partial charge in [0.15, 0.2) is 12.2 Å². The van der Waals surface area contributed by atoms with Crippen LogP contribution in [0.4, 0.5) is 10.5 Å². The SMILES string of the molecule is COC(=O)C(C)N1C(=O)C2C(N=C3N(c4cc(OC)ccc4OC)C(C)=CN32)N(C)C1=O. The summed E-state index contributed by atoms with van der Waals surface area (Å²) in [4.78, 5) is 49.0. The number of allylic oxidation sites excluding steroid dienone is 1. The molecule has 3 aliphatic rings.